The average Bonchev–Trinajstić information content (AvgIpc) is 3.12. The van der Waals surface area contributed by atoms with Gasteiger partial charge in [-0.2, -0.15) is 0 Å². The minimum atomic E-state index is -0.696. The predicted octanol–water partition coefficient (Wildman–Crippen LogP) is 1.68. The Morgan fingerprint density at radius 2 is 2.06 bits per heavy atom. The first-order valence-corrected chi connectivity index (χ1v) is 6.11. The molecule has 0 saturated heterocycles. The smallest absolute Gasteiger partial charge is 0.122 e. The number of hydrogen-bond donors (Lipinski definition) is 2. The Hall–Kier alpha value is -1.06. The van der Waals surface area contributed by atoms with E-state index in [0.717, 1.165) is 29.7 Å². The van der Waals surface area contributed by atoms with Crippen molar-refractivity contribution in [3.8, 4) is 5.75 Å². The third-order valence-electron chi connectivity index (χ3n) is 3.36. The van der Waals surface area contributed by atoms with Gasteiger partial charge < -0.3 is 14.9 Å². The van der Waals surface area contributed by atoms with Crippen LogP contribution in [0.1, 0.15) is 24.0 Å². The maximum Gasteiger partial charge on any atom is 0.122 e. The Labute approximate surface area is 102 Å². The Morgan fingerprint density at radius 3 is 2.65 bits per heavy atom. The van der Waals surface area contributed by atoms with Crippen LogP contribution < -0.4 is 4.74 Å². The normalized spacial score (nSPS) is 18.8. The molecule has 17 heavy (non-hydrogen) atoms. The van der Waals surface area contributed by atoms with Gasteiger partial charge in [0, 0.05) is 6.42 Å². The van der Waals surface area contributed by atoms with Gasteiger partial charge in [0.2, 0.25) is 0 Å². The van der Waals surface area contributed by atoms with Crippen LogP contribution in [-0.2, 0) is 6.42 Å². The van der Waals surface area contributed by atoms with E-state index in [-0.39, 0.29) is 0 Å². The molecular weight excluding hydrogens is 216 g/mol. The van der Waals surface area contributed by atoms with E-state index in [9.17, 15) is 10.2 Å². The molecule has 94 valence electrons. The van der Waals surface area contributed by atoms with Gasteiger partial charge in [-0.05, 0) is 37.3 Å². The number of benzene rings is 1. The van der Waals surface area contributed by atoms with Crippen LogP contribution >= 0.6 is 0 Å². The van der Waals surface area contributed by atoms with Crippen molar-refractivity contribution in [2.24, 2.45) is 5.92 Å². The summed E-state index contributed by atoms with van der Waals surface area (Å²) in [6.45, 7) is 2.01. The van der Waals surface area contributed by atoms with Crippen molar-refractivity contribution >= 4 is 0 Å². The molecule has 2 N–H and O–H groups in total. The second kappa shape index (κ2) is 5.07. The number of rotatable bonds is 5. The number of ether oxygens (including phenoxy) is 1. The van der Waals surface area contributed by atoms with Crippen molar-refractivity contribution in [1.29, 1.82) is 0 Å². The third-order valence-corrected chi connectivity index (χ3v) is 3.36. The van der Waals surface area contributed by atoms with E-state index in [1.165, 1.54) is 0 Å². The van der Waals surface area contributed by atoms with Gasteiger partial charge in [0.25, 0.3) is 0 Å². The van der Waals surface area contributed by atoms with Crippen LogP contribution in [0, 0.1) is 12.8 Å². The first kappa shape index (κ1) is 12.4. The zero-order valence-corrected chi connectivity index (χ0v) is 10.4. The lowest BCUT2D eigenvalue weighted by atomic mass is 9.99. The van der Waals surface area contributed by atoms with Crippen molar-refractivity contribution in [1.82, 2.24) is 0 Å². The molecule has 1 aromatic rings. The van der Waals surface area contributed by atoms with Crippen molar-refractivity contribution in [3.05, 3.63) is 29.3 Å². The average molecular weight is 236 g/mol. The number of aliphatic hydroxyl groups excluding tert-OH is 2. The molecule has 2 atom stereocenters. The minimum Gasteiger partial charge on any atom is -0.496 e. The van der Waals surface area contributed by atoms with Crippen molar-refractivity contribution in [2.75, 3.05) is 7.11 Å². The van der Waals surface area contributed by atoms with Crippen LogP contribution in [0.4, 0.5) is 0 Å². The third kappa shape index (κ3) is 2.99. The molecule has 1 saturated carbocycles. The lowest BCUT2D eigenvalue weighted by molar-refractivity contribution is 0.00647. The van der Waals surface area contributed by atoms with Gasteiger partial charge in [-0.1, -0.05) is 17.7 Å². The van der Waals surface area contributed by atoms with Gasteiger partial charge in [0.15, 0.2) is 0 Å². The van der Waals surface area contributed by atoms with Gasteiger partial charge in [-0.15, -0.1) is 0 Å². The molecule has 1 aliphatic carbocycles. The molecule has 2 unspecified atom stereocenters. The number of aliphatic hydroxyl groups is 2. The Bertz CT molecular complexity index is 385. The van der Waals surface area contributed by atoms with Gasteiger partial charge >= 0.3 is 0 Å². The van der Waals surface area contributed by atoms with Crippen LogP contribution in [0.3, 0.4) is 0 Å². The standard InChI is InChI=1S/C14H20O3/c1-9-3-6-13(17-2)11(7-9)8-12(15)14(16)10-4-5-10/h3,6-7,10,12,14-16H,4-5,8H2,1-2H3. The molecule has 0 spiro atoms. The van der Waals surface area contributed by atoms with Crippen molar-refractivity contribution < 1.29 is 14.9 Å². The first-order valence-electron chi connectivity index (χ1n) is 6.11. The maximum atomic E-state index is 9.99. The summed E-state index contributed by atoms with van der Waals surface area (Å²) in [4.78, 5) is 0. The van der Waals surface area contributed by atoms with Gasteiger partial charge in [-0.3, -0.25) is 0 Å². The topological polar surface area (TPSA) is 49.7 Å². The molecule has 0 aliphatic heterocycles. The van der Waals surface area contributed by atoms with E-state index in [0.29, 0.717) is 12.3 Å². The summed E-state index contributed by atoms with van der Waals surface area (Å²) in [5.41, 5.74) is 2.09. The van der Waals surface area contributed by atoms with Gasteiger partial charge in [0.1, 0.15) is 5.75 Å². The highest BCUT2D eigenvalue weighted by Gasteiger charge is 2.34. The molecule has 1 aromatic carbocycles. The molecular formula is C14H20O3. The highest BCUT2D eigenvalue weighted by Crippen LogP contribution is 2.35. The highest BCUT2D eigenvalue weighted by molar-refractivity contribution is 5.37. The second-order valence-electron chi connectivity index (χ2n) is 4.91. The summed E-state index contributed by atoms with van der Waals surface area (Å²) in [6, 6.07) is 5.88. The van der Waals surface area contributed by atoms with Crippen LogP contribution in [0.2, 0.25) is 0 Å². The fourth-order valence-corrected chi connectivity index (χ4v) is 2.16. The maximum absolute atomic E-state index is 9.99. The number of methoxy groups -OCH3 is 1. The molecule has 0 radical (unpaired) electrons. The molecule has 0 aromatic heterocycles. The summed E-state index contributed by atoms with van der Waals surface area (Å²) < 4.78 is 5.26. The van der Waals surface area contributed by atoms with E-state index in [1.54, 1.807) is 7.11 Å². The van der Waals surface area contributed by atoms with Crippen molar-refractivity contribution in [2.45, 2.75) is 38.4 Å². The van der Waals surface area contributed by atoms with Crippen LogP contribution in [-0.4, -0.2) is 29.5 Å². The largest absolute Gasteiger partial charge is 0.496 e. The second-order valence-corrected chi connectivity index (χ2v) is 4.91. The van der Waals surface area contributed by atoms with Crippen LogP contribution in [0.5, 0.6) is 5.75 Å². The molecule has 1 fully saturated rings. The molecule has 0 bridgehead atoms. The van der Waals surface area contributed by atoms with E-state index < -0.39 is 12.2 Å². The van der Waals surface area contributed by atoms with E-state index in [4.69, 9.17) is 4.74 Å². The van der Waals surface area contributed by atoms with Crippen LogP contribution in [0.15, 0.2) is 18.2 Å². The summed E-state index contributed by atoms with van der Waals surface area (Å²) in [6.07, 6.45) is 1.22. The highest BCUT2D eigenvalue weighted by atomic mass is 16.5. The van der Waals surface area contributed by atoms with Gasteiger partial charge in [0.05, 0.1) is 19.3 Å². The Balaban J connectivity index is 2.08. The quantitative estimate of drug-likeness (QED) is 0.817. The number of aryl methyl sites for hydroxylation is 1. The molecule has 1 aliphatic rings. The summed E-state index contributed by atoms with van der Waals surface area (Å²) in [5, 5.41) is 19.8. The predicted molar refractivity (Wildman–Crippen MR) is 66.2 cm³/mol. The zero-order valence-electron chi connectivity index (χ0n) is 10.4. The Morgan fingerprint density at radius 1 is 1.35 bits per heavy atom. The lowest BCUT2D eigenvalue weighted by Crippen LogP contribution is -2.29. The van der Waals surface area contributed by atoms with E-state index >= 15 is 0 Å². The van der Waals surface area contributed by atoms with E-state index in [1.807, 2.05) is 25.1 Å². The van der Waals surface area contributed by atoms with E-state index in [2.05, 4.69) is 0 Å². The summed E-state index contributed by atoms with van der Waals surface area (Å²) in [5.74, 6) is 1.07. The molecule has 3 heteroatoms. The SMILES string of the molecule is COc1ccc(C)cc1CC(O)C(O)C1CC1. The van der Waals surface area contributed by atoms with Gasteiger partial charge in [-0.25, -0.2) is 0 Å². The van der Waals surface area contributed by atoms with Crippen LogP contribution in [0.25, 0.3) is 0 Å². The Kier molecular flexibility index (Phi) is 3.69. The zero-order chi connectivity index (χ0) is 12.4. The summed E-state index contributed by atoms with van der Waals surface area (Å²) >= 11 is 0. The first-order chi connectivity index (χ1) is 8.11. The fraction of sp³-hybridized carbons (Fsp3) is 0.571. The molecule has 0 amide bonds. The lowest BCUT2D eigenvalue weighted by Gasteiger charge is -2.19. The monoisotopic (exact) mass is 236 g/mol. The van der Waals surface area contributed by atoms with Crippen molar-refractivity contribution in [3.63, 3.8) is 0 Å². The number of hydrogen-bond acceptors (Lipinski definition) is 3. The minimum absolute atomic E-state index is 0.292. The summed E-state index contributed by atoms with van der Waals surface area (Å²) in [7, 11) is 1.62. The molecule has 0 heterocycles. The molecule has 3 nitrogen and oxygen atoms in total. The molecule has 2 rings (SSSR count). The fourth-order valence-electron chi connectivity index (χ4n) is 2.16.